The zero-order chi connectivity index (χ0) is 24.1. The number of amides is 2. The molecule has 1 saturated heterocycles. The number of aliphatic carboxylic acids is 1. The lowest BCUT2D eigenvalue weighted by molar-refractivity contribution is -0.137. The van der Waals surface area contributed by atoms with E-state index in [-0.39, 0.29) is 31.3 Å². The number of rotatable bonds is 9. The number of nitrogens with zero attached hydrogens (tertiary/aromatic N) is 1. The van der Waals surface area contributed by atoms with Crippen molar-refractivity contribution in [2.24, 2.45) is 0 Å². The van der Waals surface area contributed by atoms with Crippen LogP contribution in [0.3, 0.4) is 0 Å². The molecular formula is C26H30N2O5S. The number of carbonyl (C=O) groups excluding carboxylic acids is 2. The molecule has 0 bridgehead atoms. The third kappa shape index (κ3) is 5.38. The van der Waals surface area contributed by atoms with Crippen molar-refractivity contribution in [1.82, 2.24) is 10.2 Å². The molecule has 0 saturated carbocycles. The van der Waals surface area contributed by atoms with Gasteiger partial charge in [-0.15, -0.1) is 0 Å². The third-order valence-corrected chi connectivity index (χ3v) is 7.63. The van der Waals surface area contributed by atoms with Crippen molar-refractivity contribution in [3.63, 3.8) is 0 Å². The van der Waals surface area contributed by atoms with E-state index in [1.807, 2.05) is 48.2 Å². The smallest absolute Gasteiger partial charge is 0.407 e. The Morgan fingerprint density at radius 1 is 1.12 bits per heavy atom. The second-order valence-corrected chi connectivity index (χ2v) is 10.2. The number of benzene rings is 2. The molecule has 0 aromatic heterocycles. The van der Waals surface area contributed by atoms with E-state index in [9.17, 15) is 14.4 Å². The molecule has 180 valence electrons. The number of nitrogens with one attached hydrogen (secondary N) is 1. The van der Waals surface area contributed by atoms with Gasteiger partial charge in [0.2, 0.25) is 5.91 Å². The van der Waals surface area contributed by atoms with Gasteiger partial charge in [0.15, 0.2) is 0 Å². The summed E-state index contributed by atoms with van der Waals surface area (Å²) in [7, 11) is 0. The van der Waals surface area contributed by atoms with Gasteiger partial charge in [0.05, 0.1) is 0 Å². The SMILES string of the molecule is CCSC1CCN(C(=O)C(CCC(=O)O)NC(=O)OCC2c3ccccc3-c3ccccc32)C1. The zero-order valence-corrected chi connectivity index (χ0v) is 20.1. The molecule has 1 heterocycles. The normalized spacial score (nSPS) is 17.7. The van der Waals surface area contributed by atoms with Crippen LogP contribution in [0, 0.1) is 0 Å². The third-order valence-electron chi connectivity index (χ3n) is 6.44. The second kappa shape index (κ2) is 11.0. The summed E-state index contributed by atoms with van der Waals surface area (Å²) in [5.74, 6) is -0.355. The molecule has 2 aromatic carbocycles. The first-order valence-corrected chi connectivity index (χ1v) is 12.8. The quantitative estimate of drug-likeness (QED) is 0.558. The van der Waals surface area contributed by atoms with E-state index in [4.69, 9.17) is 9.84 Å². The average molecular weight is 483 g/mol. The highest BCUT2D eigenvalue weighted by Gasteiger charge is 2.33. The summed E-state index contributed by atoms with van der Waals surface area (Å²) in [5.41, 5.74) is 4.48. The first-order valence-electron chi connectivity index (χ1n) is 11.7. The number of carbonyl (C=O) groups is 3. The number of hydrogen-bond donors (Lipinski definition) is 2. The summed E-state index contributed by atoms with van der Waals surface area (Å²) in [6.07, 6.45) is 0.0202. The fourth-order valence-electron chi connectivity index (χ4n) is 4.83. The van der Waals surface area contributed by atoms with Crippen molar-refractivity contribution in [2.45, 2.75) is 43.4 Å². The van der Waals surface area contributed by atoms with Crippen LogP contribution in [0.15, 0.2) is 48.5 Å². The van der Waals surface area contributed by atoms with Gasteiger partial charge in [0.25, 0.3) is 0 Å². The highest BCUT2D eigenvalue weighted by molar-refractivity contribution is 7.99. The maximum absolute atomic E-state index is 13.1. The molecule has 1 fully saturated rings. The molecule has 2 atom stereocenters. The average Bonchev–Trinajstić information content (AvgIpc) is 3.43. The largest absolute Gasteiger partial charge is 0.481 e. The lowest BCUT2D eigenvalue weighted by Crippen LogP contribution is -2.48. The van der Waals surface area contributed by atoms with E-state index in [0.29, 0.717) is 18.3 Å². The number of ether oxygens (including phenoxy) is 1. The van der Waals surface area contributed by atoms with Crippen molar-refractivity contribution in [1.29, 1.82) is 0 Å². The maximum atomic E-state index is 13.1. The molecule has 4 rings (SSSR count). The van der Waals surface area contributed by atoms with Gasteiger partial charge >= 0.3 is 12.1 Å². The summed E-state index contributed by atoms with van der Waals surface area (Å²) >= 11 is 1.81. The van der Waals surface area contributed by atoms with Gasteiger partial charge < -0.3 is 20.1 Å². The summed E-state index contributed by atoms with van der Waals surface area (Å²) in [5, 5.41) is 12.1. The van der Waals surface area contributed by atoms with Gasteiger partial charge in [-0.3, -0.25) is 9.59 Å². The number of likely N-dealkylation sites (tertiary alicyclic amines) is 1. The molecular weight excluding hydrogens is 452 g/mol. The Labute approximate surface area is 203 Å². The molecule has 2 unspecified atom stereocenters. The molecule has 0 radical (unpaired) electrons. The summed E-state index contributed by atoms with van der Waals surface area (Å²) in [4.78, 5) is 38.7. The van der Waals surface area contributed by atoms with Gasteiger partial charge in [-0.05, 0) is 40.8 Å². The highest BCUT2D eigenvalue weighted by atomic mass is 32.2. The van der Waals surface area contributed by atoms with Crippen LogP contribution in [0.1, 0.15) is 43.2 Å². The van der Waals surface area contributed by atoms with Crippen molar-refractivity contribution >= 4 is 29.7 Å². The van der Waals surface area contributed by atoms with Crippen LogP contribution in [0.2, 0.25) is 0 Å². The molecule has 2 aromatic rings. The highest BCUT2D eigenvalue weighted by Crippen LogP contribution is 2.44. The van der Waals surface area contributed by atoms with Crippen molar-refractivity contribution in [2.75, 3.05) is 25.4 Å². The molecule has 1 aliphatic heterocycles. The Morgan fingerprint density at radius 3 is 2.38 bits per heavy atom. The molecule has 2 N–H and O–H groups in total. The Morgan fingerprint density at radius 2 is 1.76 bits per heavy atom. The van der Waals surface area contributed by atoms with E-state index in [1.165, 1.54) is 0 Å². The molecule has 0 spiro atoms. The van der Waals surface area contributed by atoms with Crippen LogP contribution in [0.25, 0.3) is 11.1 Å². The molecule has 8 heteroatoms. The fraction of sp³-hybridized carbons (Fsp3) is 0.423. The minimum absolute atomic E-state index is 0.0282. The van der Waals surface area contributed by atoms with Crippen LogP contribution in [-0.2, 0) is 14.3 Å². The first kappa shape index (κ1) is 24.1. The monoisotopic (exact) mass is 482 g/mol. The van der Waals surface area contributed by atoms with Gasteiger partial charge in [-0.2, -0.15) is 11.8 Å². The van der Waals surface area contributed by atoms with Crippen LogP contribution >= 0.6 is 11.8 Å². The van der Waals surface area contributed by atoms with E-state index in [2.05, 4.69) is 24.4 Å². The Balaban J connectivity index is 1.40. The van der Waals surface area contributed by atoms with Crippen molar-refractivity contribution < 1.29 is 24.2 Å². The van der Waals surface area contributed by atoms with Crippen LogP contribution in [-0.4, -0.2) is 64.7 Å². The predicted octanol–water partition coefficient (Wildman–Crippen LogP) is 4.11. The van der Waals surface area contributed by atoms with Gasteiger partial charge in [-0.1, -0.05) is 55.5 Å². The molecule has 2 aliphatic rings. The van der Waals surface area contributed by atoms with Gasteiger partial charge in [0, 0.05) is 30.7 Å². The van der Waals surface area contributed by atoms with E-state index in [0.717, 1.165) is 34.4 Å². The van der Waals surface area contributed by atoms with Crippen molar-refractivity contribution in [3.05, 3.63) is 59.7 Å². The fourth-order valence-corrected chi connectivity index (χ4v) is 5.86. The van der Waals surface area contributed by atoms with Gasteiger partial charge in [-0.25, -0.2) is 4.79 Å². The summed E-state index contributed by atoms with van der Waals surface area (Å²) in [6, 6.07) is 15.2. The molecule has 2 amide bonds. The Hall–Kier alpha value is -3.00. The lowest BCUT2D eigenvalue weighted by atomic mass is 9.98. The van der Waals surface area contributed by atoms with Crippen LogP contribution in [0.5, 0.6) is 0 Å². The Bertz CT molecular complexity index is 1010. The predicted molar refractivity (Wildman–Crippen MR) is 132 cm³/mol. The number of carboxylic acid groups (broad SMARTS) is 1. The van der Waals surface area contributed by atoms with E-state index in [1.54, 1.807) is 4.90 Å². The zero-order valence-electron chi connectivity index (χ0n) is 19.2. The maximum Gasteiger partial charge on any atom is 0.407 e. The van der Waals surface area contributed by atoms with Gasteiger partial charge in [0.1, 0.15) is 12.6 Å². The number of hydrogen-bond acceptors (Lipinski definition) is 5. The lowest BCUT2D eigenvalue weighted by Gasteiger charge is -2.24. The number of fused-ring (bicyclic) bond motifs is 3. The topological polar surface area (TPSA) is 95.9 Å². The molecule has 34 heavy (non-hydrogen) atoms. The van der Waals surface area contributed by atoms with Crippen LogP contribution in [0.4, 0.5) is 4.79 Å². The second-order valence-electron chi connectivity index (χ2n) is 8.61. The number of thioether (sulfide) groups is 1. The number of carboxylic acids is 1. The van der Waals surface area contributed by atoms with E-state index >= 15 is 0 Å². The van der Waals surface area contributed by atoms with Crippen molar-refractivity contribution in [3.8, 4) is 11.1 Å². The molecule has 1 aliphatic carbocycles. The minimum Gasteiger partial charge on any atom is -0.481 e. The summed E-state index contributed by atoms with van der Waals surface area (Å²) < 4.78 is 5.58. The first-order chi connectivity index (χ1) is 16.5. The Kier molecular flexibility index (Phi) is 7.77. The summed E-state index contributed by atoms with van der Waals surface area (Å²) in [6.45, 7) is 3.46. The number of alkyl carbamates (subject to hydrolysis) is 1. The van der Waals surface area contributed by atoms with E-state index < -0.39 is 18.1 Å². The minimum atomic E-state index is -1.01. The molecule has 7 nitrogen and oxygen atoms in total. The van der Waals surface area contributed by atoms with Crippen LogP contribution < -0.4 is 5.32 Å². The standard InChI is InChI=1S/C26H30N2O5S/c1-2-34-17-13-14-28(15-17)25(31)23(11-12-24(29)30)27-26(32)33-16-22-20-9-5-3-7-18(20)19-8-4-6-10-21(19)22/h3-10,17,22-23H,2,11-16H2,1H3,(H,27,32)(H,29,30).